The maximum absolute atomic E-state index is 15.3. The topological polar surface area (TPSA) is 99.5 Å². The van der Waals surface area contributed by atoms with Crippen LogP contribution < -0.4 is 10.6 Å². The van der Waals surface area contributed by atoms with Gasteiger partial charge in [-0.15, -0.1) is 0 Å². The van der Waals surface area contributed by atoms with Gasteiger partial charge in [-0.1, -0.05) is 12.1 Å². The number of aromatic nitrogens is 1. The fraction of sp³-hybridized carbons (Fsp3) is 0.567. The van der Waals surface area contributed by atoms with Crippen LogP contribution in [-0.4, -0.2) is 66.3 Å². The lowest BCUT2D eigenvalue weighted by Gasteiger charge is -2.45. The van der Waals surface area contributed by atoms with Gasteiger partial charge in [0.2, 0.25) is 5.91 Å². The van der Waals surface area contributed by atoms with Gasteiger partial charge in [0.25, 0.3) is 0 Å². The number of nitrogens with one attached hydrogen (secondary N) is 2. The van der Waals surface area contributed by atoms with Crippen LogP contribution in [0.15, 0.2) is 30.5 Å². The molecule has 4 atom stereocenters. The third-order valence-electron chi connectivity index (χ3n) is 9.61. The molecule has 2 N–H and O–H groups in total. The first kappa shape index (κ1) is 25.1. The number of hydrogen-bond donors (Lipinski definition) is 2. The van der Waals surface area contributed by atoms with Crippen molar-refractivity contribution in [2.75, 3.05) is 26.3 Å². The Morgan fingerprint density at radius 1 is 1.28 bits per heavy atom. The third kappa shape index (κ3) is 4.53. The Hall–Kier alpha value is -2.90. The van der Waals surface area contributed by atoms with Crippen molar-refractivity contribution in [2.45, 2.75) is 74.9 Å². The van der Waals surface area contributed by atoms with Crippen molar-refractivity contribution >= 4 is 5.91 Å². The Bertz CT molecular complexity index is 1320. The molecule has 2 bridgehead atoms. The minimum Gasteiger partial charge on any atom is -0.378 e. The second-order valence-corrected chi connectivity index (χ2v) is 11.9. The Balaban J connectivity index is 1.04. The van der Waals surface area contributed by atoms with E-state index in [4.69, 9.17) is 9.47 Å². The summed E-state index contributed by atoms with van der Waals surface area (Å²) in [6.07, 6.45) is 6.99. The van der Waals surface area contributed by atoms with E-state index in [2.05, 4.69) is 32.7 Å². The van der Waals surface area contributed by atoms with E-state index in [9.17, 15) is 10.1 Å². The number of ether oxygens (including phenoxy) is 2. The molecule has 7 rings (SSSR count). The average molecular weight is 532 g/mol. The molecule has 204 valence electrons. The second kappa shape index (κ2) is 9.93. The van der Waals surface area contributed by atoms with Crippen LogP contribution >= 0.6 is 0 Å². The summed E-state index contributed by atoms with van der Waals surface area (Å²) in [6, 6.07) is 9.15. The van der Waals surface area contributed by atoms with E-state index in [1.54, 1.807) is 6.07 Å². The molecule has 1 amide bonds. The van der Waals surface area contributed by atoms with Gasteiger partial charge >= 0.3 is 0 Å². The molecule has 39 heavy (non-hydrogen) atoms. The summed E-state index contributed by atoms with van der Waals surface area (Å²) in [4.78, 5) is 19.9. The Morgan fingerprint density at radius 3 is 2.79 bits per heavy atom. The van der Waals surface area contributed by atoms with Crippen LogP contribution in [0.25, 0.3) is 11.3 Å². The molecule has 1 aromatic heterocycles. The van der Waals surface area contributed by atoms with Crippen LogP contribution in [0.5, 0.6) is 0 Å². The Labute approximate surface area is 227 Å². The highest BCUT2D eigenvalue weighted by atomic mass is 19.1. The summed E-state index contributed by atoms with van der Waals surface area (Å²) in [5.41, 5.74) is 3.77. The maximum Gasteiger partial charge on any atom is 0.238 e. The molecule has 0 radical (unpaired) electrons. The molecule has 2 aromatic rings. The molecule has 8 nitrogen and oxygen atoms in total. The van der Waals surface area contributed by atoms with E-state index in [0.29, 0.717) is 41.4 Å². The van der Waals surface area contributed by atoms with Crippen molar-refractivity contribution in [2.24, 2.45) is 5.92 Å². The van der Waals surface area contributed by atoms with Crippen molar-refractivity contribution in [1.29, 1.82) is 5.26 Å². The van der Waals surface area contributed by atoms with Crippen LogP contribution in [0.1, 0.15) is 48.8 Å². The number of carbonyl (C=O) groups is 1. The van der Waals surface area contributed by atoms with Gasteiger partial charge in [0.15, 0.2) is 0 Å². The first-order valence-corrected chi connectivity index (χ1v) is 14.2. The van der Waals surface area contributed by atoms with Gasteiger partial charge in [-0.05, 0) is 61.3 Å². The van der Waals surface area contributed by atoms with Crippen molar-refractivity contribution in [3.8, 4) is 17.3 Å². The Morgan fingerprint density at radius 2 is 2.13 bits per heavy atom. The van der Waals surface area contributed by atoms with Crippen molar-refractivity contribution in [3.05, 3.63) is 53.0 Å². The summed E-state index contributed by atoms with van der Waals surface area (Å²) in [6.45, 7) is 4.15. The van der Waals surface area contributed by atoms with Gasteiger partial charge in [0.1, 0.15) is 11.9 Å². The van der Waals surface area contributed by atoms with Crippen LogP contribution in [-0.2, 0) is 32.9 Å². The van der Waals surface area contributed by atoms with Crippen molar-refractivity contribution in [3.63, 3.8) is 0 Å². The zero-order chi connectivity index (χ0) is 26.6. The number of hydrogen-bond acceptors (Lipinski definition) is 7. The monoisotopic (exact) mass is 531 g/mol. The highest BCUT2D eigenvalue weighted by molar-refractivity contribution is 5.83. The molecule has 4 fully saturated rings. The number of carbonyl (C=O) groups excluding carboxylic acids is 1. The normalized spacial score (nSPS) is 28.2. The maximum atomic E-state index is 15.3. The minimum absolute atomic E-state index is 0.117. The standard InChI is InChI=1S/C30H34FN5O3/c31-26-11-19(2-1-18(26)9-23(13-32)35-29(37)28-20-3-4-22(10-20)34-28)27-12-25-21(14-33-27)15-39-30(25)5-7-36(8-6-30)24-16-38-17-24/h1-2,11-12,14,20,22-24,28,34H,3-10,15-17H2,(H,35,37)/t20?,22?,23-,28?/m0/s1. The van der Waals surface area contributed by atoms with E-state index in [1.165, 1.54) is 11.6 Å². The number of benzene rings is 1. The van der Waals surface area contributed by atoms with Crippen molar-refractivity contribution in [1.82, 2.24) is 20.5 Å². The lowest BCUT2D eigenvalue weighted by Crippen LogP contribution is -2.54. The second-order valence-electron chi connectivity index (χ2n) is 11.9. The first-order valence-electron chi connectivity index (χ1n) is 14.2. The fourth-order valence-electron chi connectivity index (χ4n) is 7.21. The number of fused-ring (bicyclic) bond motifs is 4. The summed E-state index contributed by atoms with van der Waals surface area (Å²) in [7, 11) is 0. The molecule has 3 saturated heterocycles. The van der Waals surface area contributed by atoms with Crippen LogP contribution in [0.4, 0.5) is 4.39 Å². The highest BCUT2D eigenvalue weighted by Gasteiger charge is 2.45. The summed E-state index contributed by atoms with van der Waals surface area (Å²) in [5.74, 6) is -0.222. The smallest absolute Gasteiger partial charge is 0.238 e. The van der Waals surface area contributed by atoms with Gasteiger partial charge in [0.05, 0.1) is 49.3 Å². The number of likely N-dealkylation sites (tertiary alicyclic amines) is 1. The molecular weight excluding hydrogens is 497 g/mol. The Kier molecular flexibility index (Phi) is 6.39. The molecule has 1 saturated carbocycles. The SMILES string of the molecule is N#C[C@H](Cc1ccc(-c2cc3c(cn2)COC32CCN(C3COC3)CC2)cc1F)NC(=O)C1NC2CCC1C2. The molecule has 4 aliphatic heterocycles. The number of halogens is 1. The van der Waals surface area contributed by atoms with E-state index in [0.717, 1.165) is 64.0 Å². The molecule has 5 heterocycles. The molecule has 5 aliphatic rings. The van der Waals surface area contributed by atoms with E-state index in [1.807, 2.05) is 12.3 Å². The quantitative estimate of drug-likeness (QED) is 0.592. The average Bonchev–Trinajstić information content (AvgIpc) is 3.65. The van der Waals surface area contributed by atoms with Gasteiger partial charge in [-0.25, -0.2) is 4.39 Å². The van der Waals surface area contributed by atoms with E-state index >= 15 is 4.39 Å². The minimum atomic E-state index is -0.786. The van der Waals surface area contributed by atoms with Crippen LogP contribution in [0.3, 0.4) is 0 Å². The summed E-state index contributed by atoms with van der Waals surface area (Å²) >= 11 is 0. The molecule has 3 unspecified atom stereocenters. The molecule has 1 spiro atoms. The number of nitriles is 1. The van der Waals surface area contributed by atoms with Gasteiger partial charge < -0.3 is 20.1 Å². The van der Waals surface area contributed by atoms with E-state index < -0.39 is 11.9 Å². The van der Waals surface area contributed by atoms with Crippen molar-refractivity contribution < 1.29 is 18.7 Å². The summed E-state index contributed by atoms with van der Waals surface area (Å²) in [5, 5.41) is 15.9. The van der Waals surface area contributed by atoms with Gasteiger partial charge in [-0.2, -0.15) is 5.26 Å². The lowest BCUT2D eigenvalue weighted by atomic mass is 9.83. The molecule has 1 aromatic carbocycles. The number of rotatable bonds is 6. The number of pyridine rings is 1. The molecular formula is C30H34FN5O3. The highest BCUT2D eigenvalue weighted by Crippen LogP contribution is 2.45. The molecule has 9 heteroatoms. The number of piperidine rings is 2. The van der Waals surface area contributed by atoms with Gasteiger partial charge in [0, 0.05) is 42.9 Å². The number of nitrogens with zero attached hydrogens (tertiary/aromatic N) is 3. The third-order valence-corrected chi connectivity index (χ3v) is 9.61. The van der Waals surface area contributed by atoms with E-state index in [-0.39, 0.29) is 24.0 Å². The first-order chi connectivity index (χ1) is 19.0. The van der Waals surface area contributed by atoms with Crippen LogP contribution in [0.2, 0.25) is 0 Å². The number of amides is 1. The predicted molar refractivity (Wildman–Crippen MR) is 141 cm³/mol. The summed E-state index contributed by atoms with van der Waals surface area (Å²) < 4.78 is 27.0. The largest absolute Gasteiger partial charge is 0.378 e. The predicted octanol–water partition coefficient (Wildman–Crippen LogP) is 2.80. The van der Waals surface area contributed by atoms with Gasteiger partial charge in [-0.3, -0.25) is 14.7 Å². The lowest BCUT2D eigenvalue weighted by molar-refractivity contribution is -0.124. The zero-order valence-corrected chi connectivity index (χ0v) is 22.0. The zero-order valence-electron chi connectivity index (χ0n) is 22.0. The fourth-order valence-corrected chi connectivity index (χ4v) is 7.21. The van der Waals surface area contributed by atoms with Crippen LogP contribution in [0, 0.1) is 23.1 Å². The molecule has 1 aliphatic carbocycles.